The predicted octanol–water partition coefficient (Wildman–Crippen LogP) is 3.58. The van der Waals surface area contributed by atoms with Gasteiger partial charge in [-0.25, -0.2) is 0 Å². The van der Waals surface area contributed by atoms with E-state index in [0.717, 1.165) is 56.2 Å². The fourth-order valence-electron chi connectivity index (χ4n) is 4.18. The van der Waals surface area contributed by atoms with Crippen LogP contribution in [-0.2, 0) is 22.3 Å². The van der Waals surface area contributed by atoms with Crippen LogP contribution in [0, 0.1) is 6.07 Å². The van der Waals surface area contributed by atoms with Crippen molar-refractivity contribution in [3.05, 3.63) is 71.9 Å². The molecule has 2 aromatic carbocycles. The van der Waals surface area contributed by atoms with E-state index in [1.54, 1.807) is 0 Å². The summed E-state index contributed by atoms with van der Waals surface area (Å²) in [6.45, 7) is 6.16. The number of aliphatic imine (C=N–C) groups is 1. The molecular formula is C26H29N4O3. The van der Waals surface area contributed by atoms with Gasteiger partial charge in [0.2, 0.25) is 5.96 Å². The van der Waals surface area contributed by atoms with E-state index in [0.29, 0.717) is 32.3 Å². The zero-order chi connectivity index (χ0) is 22.3. The lowest BCUT2D eigenvalue weighted by atomic mass is 10.0. The van der Waals surface area contributed by atoms with Gasteiger partial charge in [-0.2, -0.15) is 4.99 Å². The van der Waals surface area contributed by atoms with Crippen LogP contribution in [0.2, 0.25) is 0 Å². The first-order valence-electron chi connectivity index (χ1n) is 11.6. The van der Waals surface area contributed by atoms with Crippen molar-refractivity contribution in [3.8, 4) is 11.1 Å². The molecule has 7 heteroatoms. The fraction of sp³-hybridized carbons (Fsp3) is 0.385. The van der Waals surface area contributed by atoms with Crippen molar-refractivity contribution in [2.75, 3.05) is 52.6 Å². The topological polar surface area (TPSA) is 63.3 Å². The Morgan fingerprint density at radius 1 is 0.879 bits per heavy atom. The Morgan fingerprint density at radius 2 is 1.64 bits per heavy atom. The van der Waals surface area contributed by atoms with Crippen LogP contribution in [0.3, 0.4) is 0 Å². The van der Waals surface area contributed by atoms with E-state index in [4.69, 9.17) is 19.0 Å². The van der Waals surface area contributed by atoms with Gasteiger partial charge >= 0.3 is 0 Å². The summed E-state index contributed by atoms with van der Waals surface area (Å²) < 4.78 is 16.6. The van der Waals surface area contributed by atoms with Gasteiger partial charge in [0.1, 0.15) is 0 Å². The van der Waals surface area contributed by atoms with E-state index >= 15 is 0 Å². The molecule has 0 spiro atoms. The maximum absolute atomic E-state index is 5.60. The zero-order valence-corrected chi connectivity index (χ0v) is 18.8. The van der Waals surface area contributed by atoms with Crippen LogP contribution in [0.1, 0.15) is 11.3 Å². The molecule has 3 aromatic rings. The van der Waals surface area contributed by atoms with Crippen LogP contribution in [0.5, 0.6) is 0 Å². The van der Waals surface area contributed by atoms with Crippen LogP contribution in [0.15, 0.2) is 64.1 Å². The summed E-state index contributed by atoms with van der Waals surface area (Å²) in [6.07, 6.45) is 1.68. The highest BCUT2D eigenvalue weighted by Gasteiger charge is 2.23. The monoisotopic (exact) mass is 445 g/mol. The molecule has 3 heterocycles. The zero-order valence-electron chi connectivity index (χ0n) is 18.8. The number of benzene rings is 2. The minimum atomic E-state index is 0.547. The van der Waals surface area contributed by atoms with Gasteiger partial charge < -0.3 is 23.8 Å². The van der Waals surface area contributed by atoms with E-state index in [1.807, 2.05) is 24.3 Å². The summed E-state index contributed by atoms with van der Waals surface area (Å²) in [6, 6.07) is 21.9. The van der Waals surface area contributed by atoms with E-state index < -0.39 is 0 Å². The molecule has 2 fully saturated rings. The number of ether oxygens (including phenoxy) is 2. The van der Waals surface area contributed by atoms with Gasteiger partial charge in [-0.05, 0) is 35.6 Å². The van der Waals surface area contributed by atoms with E-state index in [1.165, 1.54) is 11.1 Å². The minimum Gasteiger partial charge on any atom is -0.378 e. The van der Waals surface area contributed by atoms with Crippen LogP contribution in [0.4, 0.5) is 5.88 Å². The summed E-state index contributed by atoms with van der Waals surface area (Å²) >= 11 is 0. The molecule has 0 saturated carbocycles. The van der Waals surface area contributed by atoms with Crippen LogP contribution >= 0.6 is 0 Å². The Kier molecular flexibility index (Phi) is 6.99. The lowest BCUT2D eigenvalue weighted by Crippen LogP contribution is -2.52. The molecule has 171 valence electrons. The van der Waals surface area contributed by atoms with Gasteiger partial charge in [-0.1, -0.05) is 53.7 Å². The van der Waals surface area contributed by atoms with Crippen molar-refractivity contribution in [2.24, 2.45) is 4.99 Å². The van der Waals surface area contributed by atoms with Crippen molar-refractivity contribution in [1.29, 1.82) is 0 Å². The van der Waals surface area contributed by atoms with Crippen molar-refractivity contribution in [1.82, 2.24) is 15.0 Å². The molecule has 0 amide bonds. The second-order valence-corrected chi connectivity index (χ2v) is 8.24. The molecule has 1 radical (unpaired) electrons. The van der Waals surface area contributed by atoms with Gasteiger partial charge in [0.25, 0.3) is 5.88 Å². The highest BCUT2D eigenvalue weighted by atomic mass is 16.5. The summed E-state index contributed by atoms with van der Waals surface area (Å²) in [5.41, 5.74) is 4.46. The van der Waals surface area contributed by atoms with Gasteiger partial charge in [0, 0.05) is 32.2 Å². The maximum Gasteiger partial charge on any atom is 0.253 e. The van der Waals surface area contributed by atoms with E-state index in [-0.39, 0.29) is 0 Å². The summed E-state index contributed by atoms with van der Waals surface area (Å²) in [4.78, 5) is 9.39. The Balaban J connectivity index is 1.27. The molecule has 2 aliphatic heterocycles. The SMILES string of the molecule is [c]1ccccc1-c1cccc(CCc2cc(N=C(N3CCOCC3)N3CCOCC3)on2)c1. The smallest absolute Gasteiger partial charge is 0.253 e. The third-order valence-electron chi connectivity index (χ3n) is 5.96. The molecule has 0 N–H and O–H groups in total. The van der Waals surface area contributed by atoms with Gasteiger partial charge in [-0.15, -0.1) is 0 Å². The van der Waals surface area contributed by atoms with Gasteiger partial charge in [0.05, 0.1) is 32.1 Å². The van der Waals surface area contributed by atoms with Crippen molar-refractivity contribution < 1.29 is 14.0 Å². The third-order valence-corrected chi connectivity index (χ3v) is 5.96. The fourth-order valence-corrected chi connectivity index (χ4v) is 4.18. The summed E-state index contributed by atoms with van der Waals surface area (Å²) in [5, 5.41) is 4.28. The van der Waals surface area contributed by atoms with Crippen molar-refractivity contribution >= 4 is 11.8 Å². The first kappa shape index (κ1) is 21.7. The molecule has 0 atom stereocenters. The standard InChI is InChI=1S/C26H29N4O3/c1-2-6-22(7-3-1)23-8-4-5-21(19-23)9-10-24-20-25(33-28-24)27-26(29-11-15-31-16-12-29)30-13-17-32-18-14-30/h1-6,8,19-20H,9-18H2. The lowest BCUT2D eigenvalue weighted by molar-refractivity contribution is 0.0421. The number of morpholine rings is 2. The van der Waals surface area contributed by atoms with E-state index in [2.05, 4.69) is 51.4 Å². The van der Waals surface area contributed by atoms with Crippen LogP contribution < -0.4 is 0 Å². The van der Waals surface area contributed by atoms with Gasteiger partial charge in [-0.3, -0.25) is 0 Å². The van der Waals surface area contributed by atoms with Crippen LogP contribution in [0.25, 0.3) is 11.1 Å². The Morgan fingerprint density at radius 3 is 2.33 bits per heavy atom. The molecule has 2 aliphatic rings. The molecule has 7 nitrogen and oxygen atoms in total. The quantitative estimate of drug-likeness (QED) is 0.442. The van der Waals surface area contributed by atoms with Crippen molar-refractivity contribution in [2.45, 2.75) is 12.8 Å². The molecule has 33 heavy (non-hydrogen) atoms. The Labute approximate surface area is 194 Å². The Hall–Kier alpha value is -3.16. The van der Waals surface area contributed by atoms with Gasteiger partial charge in [0.15, 0.2) is 0 Å². The number of rotatable bonds is 5. The molecule has 1 aromatic heterocycles. The van der Waals surface area contributed by atoms with Crippen LogP contribution in [-0.4, -0.2) is 73.5 Å². The third kappa shape index (κ3) is 5.61. The second kappa shape index (κ2) is 10.6. The number of aromatic nitrogens is 1. The minimum absolute atomic E-state index is 0.547. The van der Waals surface area contributed by atoms with E-state index in [9.17, 15) is 0 Å². The number of hydrogen-bond donors (Lipinski definition) is 0. The molecule has 0 bridgehead atoms. The second-order valence-electron chi connectivity index (χ2n) is 8.24. The normalized spacial score (nSPS) is 16.6. The molecule has 0 aliphatic carbocycles. The van der Waals surface area contributed by atoms with Crippen molar-refractivity contribution in [3.63, 3.8) is 0 Å². The first-order chi connectivity index (χ1) is 16.3. The number of hydrogen-bond acceptors (Lipinski definition) is 5. The largest absolute Gasteiger partial charge is 0.378 e. The average Bonchev–Trinajstić information content (AvgIpc) is 3.35. The number of aryl methyl sites for hydroxylation is 2. The molecule has 5 rings (SSSR count). The molecular weight excluding hydrogens is 416 g/mol. The maximum atomic E-state index is 5.60. The molecule has 2 saturated heterocycles. The lowest BCUT2D eigenvalue weighted by Gasteiger charge is -2.37. The average molecular weight is 446 g/mol. The first-order valence-corrected chi connectivity index (χ1v) is 11.6. The molecule has 0 unspecified atom stereocenters. The number of nitrogens with zero attached hydrogens (tertiary/aromatic N) is 4. The Bertz CT molecular complexity index is 1030. The predicted molar refractivity (Wildman–Crippen MR) is 127 cm³/mol. The highest BCUT2D eigenvalue weighted by Crippen LogP contribution is 2.22. The summed E-state index contributed by atoms with van der Waals surface area (Å²) in [5.74, 6) is 1.47. The number of guanidine groups is 1. The highest BCUT2D eigenvalue weighted by molar-refractivity contribution is 5.82. The summed E-state index contributed by atoms with van der Waals surface area (Å²) in [7, 11) is 0.